The number of aliphatic imine (C=N–C) groups is 1. The number of aryl methyl sites for hydroxylation is 1. The van der Waals surface area contributed by atoms with Crippen molar-refractivity contribution in [3.8, 4) is 0 Å². The van der Waals surface area contributed by atoms with Gasteiger partial charge in [0.1, 0.15) is 0 Å². The molecule has 0 aromatic heterocycles. The Bertz CT molecular complexity index is 690. The highest BCUT2D eigenvalue weighted by Crippen LogP contribution is 2.14. The Labute approximate surface area is 136 Å². The summed E-state index contributed by atoms with van der Waals surface area (Å²) in [6.07, 6.45) is 2.68. The highest BCUT2D eigenvalue weighted by Gasteiger charge is 2.23. The first kappa shape index (κ1) is 17.2. The molecule has 0 unspecified atom stereocenters. The molecule has 0 saturated carbocycles. The number of benzene rings is 1. The van der Waals surface area contributed by atoms with Crippen molar-refractivity contribution in [3.63, 3.8) is 0 Å². The molecule has 0 radical (unpaired) electrons. The summed E-state index contributed by atoms with van der Waals surface area (Å²) in [6.45, 7) is 2.89. The summed E-state index contributed by atoms with van der Waals surface area (Å²) >= 11 is 0. The summed E-state index contributed by atoms with van der Waals surface area (Å²) in [4.78, 5) is 3.78. The van der Waals surface area contributed by atoms with Crippen LogP contribution in [-0.2, 0) is 10.2 Å². The van der Waals surface area contributed by atoms with Crippen molar-refractivity contribution in [2.24, 2.45) is 20.9 Å². The number of anilines is 1. The quantitative estimate of drug-likeness (QED) is 0.554. The van der Waals surface area contributed by atoms with Crippen molar-refractivity contribution in [2.45, 2.75) is 26.2 Å². The molecule has 1 heterocycles. The number of guanidine groups is 2. The molecule has 9 heteroatoms. The first-order valence-corrected chi connectivity index (χ1v) is 8.80. The number of rotatable bonds is 3. The second kappa shape index (κ2) is 7.42. The fourth-order valence-electron chi connectivity index (χ4n) is 2.23. The van der Waals surface area contributed by atoms with Gasteiger partial charge in [0.25, 0.3) is 0 Å². The lowest BCUT2D eigenvalue weighted by Crippen LogP contribution is -2.35. The largest absolute Gasteiger partial charge is 0.369 e. The van der Waals surface area contributed by atoms with Gasteiger partial charge in [-0.1, -0.05) is 24.1 Å². The SMILES string of the molecule is Cc1ccc(N/C(N)=N/C(N)=N/S(=O)(=O)N2CCCCC2)cc1. The van der Waals surface area contributed by atoms with E-state index in [0.717, 1.165) is 30.5 Å². The van der Waals surface area contributed by atoms with Crippen LogP contribution in [0.5, 0.6) is 0 Å². The van der Waals surface area contributed by atoms with E-state index < -0.39 is 16.2 Å². The monoisotopic (exact) mass is 338 g/mol. The zero-order chi connectivity index (χ0) is 16.9. The minimum atomic E-state index is -3.80. The molecule has 0 bridgehead atoms. The molecule has 0 amide bonds. The van der Waals surface area contributed by atoms with Gasteiger partial charge in [0.15, 0.2) is 0 Å². The Morgan fingerprint density at radius 1 is 1.13 bits per heavy atom. The van der Waals surface area contributed by atoms with E-state index in [2.05, 4.69) is 14.7 Å². The minimum Gasteiger partial charge on any atom is -0.369 e. The van der Waals surface area contributed by atoms with Crippen LogP contribution in [0.1, 0.15) is 24.8 Å². The third kappa shape index (κ3) is 5.22. The van der Waals surface area contributed by atoms with E-state index in [9.17, 15) is 8.42 Å². The lowest BCUT2D eigenvalue weighted by Gasteiger charge is -2.23. The van der Waals surface area contributed by atoms with Crippen molar-refractivity contribution in [1.29, 1.82) is 0 Å². The summed E-state index contributed by atoms with van der Waals surface area (Å²) < 4.78 is 29.0. The predicted molar refractivity (Wildman–Crippen MR) is 92.4 cm³/mol. The number of hydrogen-bond donors (Lipinski definition) is 3. The number of hydrogen-bond acceptors (Lipinski definition) is 2. The molecule has 0 atom stereocenters. The van der Waals surface area contributed by atoms with Crippen LogP contribution in [0.4, 0.5) is 5.69 Å². The first-order valence-electron chi connectivity index (χ1n) is 7.40. The van der Waals surface area contributed by atoms with Crippen LogP contribution in [0.25, 0.3) is 0 Å². The summed E-state index contributed by atoms with van der Waals surface area (Å²) in [5.41, 5.74) is 13.1. The fraction of sp³-hybridized carbons (Fsp3) is 0.429. The van der Waals surface area contributed by atoms with Gasteiger partial charge in [-0.3, -0.25) is 0 Å². The summed E-state index contributed by atoms with van der Waals surface area (Å²) in [6, 6.07) is 7.48. The third-order valence-corrected chi connectivity index (χ3v) is 4.84. The van der Waals surface area contributed by atoms with Crippen LogP contribution < -0.4 is 16.8 Å². The van der Waals surface area contributed by atoms with Gasteiger partial charge < -0.3 is 16.8 Å². The minimum absolute atomic E-state index is 0.0241. The van der Waals surface area contributed by atoms with Crippen LogP contribution >= 0.6 is 0 Å². The van der Waals surface area contributed by atoms with Crippen molar-refractivity contribution < 1.29 is 8.42 Å². The number of nitrogens with one attached hydrogen (secondary N) is 1. The van der Waals surface area contributed by atoms with Gasteiger partial charge >= 0.3 is 10.2 Å². The smallest absolute Gasteiger partial charge is 0.325 e. The van der Waals surface area contributed by atoms with E-state index in [1.165, 1.54) is 4.31 Å². The second-order valence-corrected chi connectivity index (χ2v) is 6.97. The van der Waals surface area contributed by atoms with Gasteiger partial charge in [0.05, 0.1) is 0 Å². The van der Waals surface area contributed by atoms with Crippen molar-refractivity contribution in [2.75, 3.05) is 18.4 Å². The number of piperidine rings is 1. The maximum atomic E-state index is 12.1. The van der Waals surface area contributed by atoms with E-state index in [1.54, 1.807) is 0 Å². The molecule has 1 aliphatic heterocycles. The van der Waals surface area contributed by atoms with Gasteiger partial charge in [-0.15, -0.1) is 4.40 Å². The van der Waals surface area contributed by atoms with E-state index in [1.807, 2.05) is 31.2 Å². The Morgan fingerprint density at radius 3 is 2.35 bits per heavy atom. The summed E-state index contributed by atoms with van der Waals surface area (Å²) in [5, 5.41) is 2.82. The molecule has 1 aromatic carbocycles. The Kier molecular flexibility index (Phi) is 5.56. The topological polar surface area (TPSA) is 126 Å². The van der Waals surface area contributed by atoms with Gasteiger partial charge in [-0.25, -0.2) is 0 Å². The van der Waals surface area contributed by atoms with Crippen LogP contribution in [-0.4, -0.2) is 37.7 Å². The highest BCUT2D eigenvalue weighted by molar-refractivity contribution is 7.87. The summed E-state index contributed by atoms with van der Waals surface area (Å²) in [5.74, 6) is -0.420. The Morgan fingerprint density at radius 2 is 1.74 bits per heavy atom. The van der Waals surface area contributed by atoms with Gasteiger partial charge in [-0.05, 0) is 31.9 Å². The van der Waals surface area contributed by atoms with Gasteiger partial charge in [-0.2, -0.15) is 17.7 Å². The zero-order valence-electron chi connectivity index (χ0n) is 13.1. The average Bonchev–Trinajstić information content (AvgIpc) is 2.49. The van der Waals surface area contributed by atoms with Crippen LogP contribution in [0.2, 0.25) is 0 Å². The molecule has 5 N–H and O–H groups in total. The molecule has 1 aromatic rings. The molecular weight excluding hydrogens is 316 g/mol. The van der Waals surface area contributed by atoms with E-state index >= 15 is 0 Å². The third-order valence-electron chi connectivity index (χ3n) is 3.41. The normalized spacial score (nSPS) is 18.0. The molecule has 23 heavy (non-hydrogen) atoms. The standard InChI is InChI=1S/C14H22N6O2S/c1-11-5-7-12(8-6-11)17-13(15)18-14(16)19-23(21,22)20-9-3-2-4-10-20/h5-8H,2-4,9-10H2,1H3,(H5,15,16,17,18,19). The van der Waals surface area contributed by atoms with Crippen molar-refractivity contribution in [3.05, 3.63) is 29.8 Å². The summed E-state index contributed by atoms with van der Waals surface area (Å²) in [7, 11) is -3.80. The predicted octanol–water partition coefficient (Wildman–Crippen LogP) is 0.767. The van der Waals surface area contributed by atoms with Crippen LogP contribution in [0.3, 0.4) is 0 Å². The Balaban J connectivity index is 2.05. The zero-order valence-corrected chi connectivity index (χ0v) is 13.9. The maximum Gasteiger partial charge on any atom is 0.325 e. The molecule has 8 nitrogen and oxygen atoms in total. The van der Waals surface area contributed by atoms with Gasteiger partial charge in [0, 0.05) is 18.8 Å². The maximum absolute atomic E-state index is 12.1. The van der Waals surface area contributed by atoms with Crippen LogP contribution in [0, 0.1) is 6.92 Å². The number of nitrogens with two attached hydrogens (primary N) is 2. The number of nitrogens with zero attached hydrogens (tertiary/aromatic N) is 3. The molecule has 0 aliphatic carbocycles. The lowest BCUT2D eigenvalue weighted by molar-refractivity contribution is 0.347. The van der Waals surface area contributed by atoms with E-state index in [0.29, 0.717) is 13.1 Å². The van der Waals surface area contributed by atoms with Crippen LogP contribution in [0.15, 0.2) is 33.7 Å². The first-order chi connectivity index (χ1) is 10.9. The molecule has 2 rings (SSSR count). The van der Waals surface area contributed by atoms with Crippen molar-refractivity contribution in [1.82, 2.24) is 4.31 Å². The molecule has 1 saturated heterocycles. The van der Waals surface area contributed by atoms with E-state index in [4.69, 9.17) is 11.5 Å². The van der Waals surface area contributed by atoms with E-state index in [-0.39, 0.29) is 5.96 Å². The molecule has 1 fully saturated rings. The Hall–Kier alpha value is -2.13. The molecule has 1 aliphatic rings. The second-order valence-electron chi connectivity index (χ2n) is 5.38. The lowest BCUT2D eigenvalue weighted by atomic mass is 10.2. The van der Waals surface area contributed by atoms with Crippen molar-refractivity contribution >= 4 is 27.8 Å². The highest BCUT2D eigenvalue weighted by atomic mass is 32.2. The fourth-order valence-corrected chi connectivity index (χ4v) is 3.34. The molecular formula is C14H22N6O2S. The molecule has 126 valence electrons. The van der Waals surface area contributed by atoms with Gasteiger partial charge in [0.2, 0.25) is 11.9 Å². The molecule has 0 spiro atoms. The average molecular weight is 338 g/mol.